The van der Waals surface area contributed by atoms with Gasteiger partial charge in [-0.15, -0.1) is 0 Å². The van der Waals surface area contributed by atoms with Crippen LogP contribution in [0.2, 0.25) is 0 Å². The summed E-state index contributed by atoms with van der Waals surface area (Å²) in [6.07, 6.45) is 0.335. The molecule has 2 aromatic rings. The third kappa shape index (κ3) is 3.74. The fourth-order valence-electron chi connectivity index (χ4n) is 2.93. The molecule has 0 fully saturated rings. The number of nitrogen functional groups attached to an aromatic ring is 1. The normalized spacial score (nSPS) is 17.0. The molecule has 0 radical (unpaired) electrons. The van der Waals surface area contributed by atoms with Gasteiger partial charge in [0.25, 0.3) is 0 Å². The maximum atomic E-state index is 11.1. The SMILES string of the molecule is COCCOc1cc(N)c2c(c1)cc(C1=NCC(CC(N)=O)S1)n2C. The fraction of sp³-hybridized carbons (Fsp3) is 0.412. The highest BCUT2D eigenvalue weighted by atomic mass is 32.2. The molecule has 2 heterocycles. The van der Waals surface area contributed by atoms with E-state index in [0.29, 0.717) is 37.6 Å². The van der Waals surface area contributed by atoms with E-state index in [0.717, 1.165) is 21.6 Å². The zero-order valence-electron chi connectivity index (χ0n) is 14.3. The van der Waals surface area contributed by atoms with E-state index in [2.05, 4.69) is 4.99 Å². The van der Waals surface area contributed by atoms with Crippen LogP contribution in [0.4, 0.5) is 5.69 Å². The number of primary amides is 1. The van der Waals surface area contributed by atoms with Gasteiger partial charge in [0.2, 0.25) is 5.91 Å². The predicted molar refractivity (Wildman–Crippen MR) is 101 cm³/mol. The molecule has 1 atom stereocenters. The maximum absolute atomic E-state index is 11.1. The van der Waals surface area contributed by atoms with Gasteiger partial charge in [0.05, 0.1) is 30.0 Å². The van der Waals surface area contributed by atoms with Gasteiger partial charge >= 0.3 is 0 Å². The Bertz CT molecular complexity index is 831. The van der Waals surface area contributed by atoms with Crippen molar-refractivity contribution in [3.8, 4) is 5.75 Å². The van der Waals surface area contributed by atoms with E-state index < -0.39 is 0 Å². The molecule has 8 heteroatoms. The van der Waals surface area contributed by atoms with Gasteiger partial charge in [0, 0.05) is 37.3 Å². The number of hydrogen-bond donors (Lipinski definition) is 2. The zero-order chi connectivity index (χ0) is 18.0. The van der Waals surface area contributed by atoms with Crippen LogP contribution in [-0.4, -0.2) is 47.6 Å². The highest BCUT2D eigenvalue weighted by Gasteiger charge is 2.25. The first-order valence-corrected chi connectivity index (χ1v) is 8.88. The number of rotatable bonds is 7. The summed E-state index contributed by atoms with van der Waals surface area (Å²) in [6.45, 7) is 1.59. The largest absolute Gasteiger partial charge is 0.491 e. The van der Waals surface area contributed by atoms with Gasteiger partial charge in [0.15, 0.2) is 0 Å². The van der Waals surface area contributed by atoms with E-state index in [1.54, 1.807) is 18.9 Å². The summed E-state index contributed by atoms with van der Waals surface area (Å²) < 4.78 is 12.7. The molecule has 0 saturated carbocycles. The summed E-state index contributed by atoms with van der Waals surface area (Å²) in [5.74, 6) is 0.417. The number of nitrogens with two attached hydrogens (primary N) is 2. The van der Waals surface area contributed by atoms with Crippen LogP contribution in [-0.2, 0) is 16.6 Å². The number of carbonyl (C=O) groups excluding carboxylic acids is 1. The third-order valence-corrected chi connectivity index (χ3v) is 5.26. The number of carbonyl (C=O) groups is 1. The van der Waals surface area contributed by atoms with E-state index in [4.69, 9.17) is 20.9 Å². The molecule has 0 bridgehead atoms. The number of fused-ring (bicyclic) bond motifs is 1. The van der Waals surface area contributed by atoms with Crippen molar-refractivity contribution in [1.82, 2.24) is 4.57 Å². The van der Waals surface area contributed by atoms with Crippen molar-refractivity contribution in [2.24, 2.45) is 17.8 Å². The summed E-state index contributed by atoms with van der Waals surface area (Å²) in [7, 11) is 3.60. The number of aryl methyl sites for hydroxylation is 1. The summed E-state index contributed by atoms with van der Waals surface area (Å²) in [4.78, 5) is 15.7. The summed E-state index contributed by atoms with van der Waals surface area (Å²) in [6, 6.07) is 5.83. The highest BCUT2D eigenvalue weighted by molar-refractivity contribution is 8.15. The molecule has 0 saturated heterocycles. The number of anilines is 1. The molecule has 7 nitrogen and oxygen atoms in total. The lowest BCUT2D eigenvalue weighted by Gasteiger charge is -2.09. The van der Waals surface area contributed by atoms with Gasteiger partial charge in [-0.25, -0.2) is 0 Å². The lowest BCUT2D eigenvalue weighted by molar-refractivity contribution is -0.117. The molecule has 3 rings (SSSR count). The Morgan fingerprint density at radius 3 is 2.92 bits per heavy atom. The molecular weight excluding hydrogens is 340 g/mol. The molecule has 1 aliphatic rings. The summed E-state index contributed by atoms with van der Waals surface area (Å²) in [5, 5.41) is 2.01. The molecule has 25 heavy (non-hydrogen) atoms. The van der Waals surface area contributed by atoms with E-state index in [1.165, 1.54) is 0 Å². The van der Waals surface area contributed by atoms with Crippen molar-refractivity contribution in [2.75, 3.05) is 32.6 Å². The monoisotopic (exact) mass is 362 g/mol. The van der Waals surface area contributed by atoms with Crippen molar-refractivity contribution in [1.29, 1.82) is 0 Å². The highest BCUT2D eigenvalue weighted by Crippen LogP contribution is 2.34. The van der Waals surface area contributed by atoms with Crippen molar-refractivity contribution in [3.63, 3.8) is 0 Å². The van der Waals surface area contributed by atoms with Crippen molar-refractivity contribution >= 4 is 39.3 Å². The molecule has 1 amide bonds. The average Bonchev–Trinajstić information content (AvgIpc) is 3.12. The summed E-state index contributed by atoms with van der Waals surface area (Å²) >= 11 is 1.59. The van der Waals surface area contributed by atoms with Crippen LogP contribution in [0.5, 0.6) is 5.75 Å². The lowest BCUT2D eigenvalue weighted by atomic mass is 10.2. The Labute approximate surface area is 150 Å². The predicted octanol–water partition coefficient (Wildman–Crippen LogP) is 1.52. The minimum atomic E-state index is -0.298. The van der Waals surface area contributed by atoms with Crippen molar-refractivity contribution in [3.05, 3.63) is 23.9 Å². The van der Waals surface area contributed by atoms with Crippen LogP contribution in [0.25, 0.3) is 10.9 Å². The molecule has 4 N–H and O–H groups in total. The van der Waals surface area contributed by atoms with Crippen LogP contribution in [0.1, 0.15) is 12.1 Å². The Morgan fingerprint density at radius 1 is 1.40 bits per heavy atom. The minimum absolute atomic E-state index is 0.107. The third-order valence-electron chi connectivity index (χ3n) is 4.05. The molecule has 1 aromatic carbocycles. The topological polar surface area (TPSA) is 105 Å². The number of amides is 1. The summed E-state index contributed by atoms with van der Waals surface area (Å²) in [5.41, 5.74) is 14.1. The Hall–Kier alpha value is -2.19. The number of aliphatic imine (C=N–C) groups is 1. The number of benzene rings is 1. The standard InChI is InChI=1S/C17H22N4O3S/c1-21-14(17-20-9-12(25-17)8-15(19)22)6-10-5-11(24-4-3-23-2)7-13(18)16(10)21/h5-7,12H,3-4,8-9,18H2,1-2H3,(H2,19,22). The molecular formula is C17H22N4O3S. The first-order chi connectivity index (χ1) is 12.0. The number of ether oxygens (including phenoxy) is 2. The van der Waals surface area contributed by atoms with Gasteiger partial charge in [-0.1, -0.05) is 11.8 Å². The zero-order valence-corrected chi connectivity index (χ0v) is 15.1. The average molecular weight is 362 g/mol. The fourth-order valence-corrected chi connectivity index (χ4v) is 4.11. The smallest absolute Gasteiger partial charge is 0.218 e. The van der Waals surface area contributed by atoms with Gasteiger partial charge in [-0.3, -0.25) is 9.79 Å². The van der Waals surface area contributed by atoms with Gasteiger partial charge < -0.3 is 25.5 Å². The number of methoxy groups -OCH3 is 1. The molecule has 1 aromatic heterocycles. The molecule has 1 unspecified atom stereocenters. The van der Waals surface area contributed by atoms with Gasteiger partial charge in [0.1, 0.15) is 17.4 Å². The quantitative estimate of drug-likeness (QED) is 0.574. The Kier molecular flexibility index (Phi) is 5.19. The van der Waals surface area contributed by atoms with Crippen molar-refractivity contribution < 1.29 is 14.3 Å². The molecule has 1 aliphatic heterocycles. The number of thioether (sulfide) groups is 1. The van der Waals surface area contributed by atoms with E-state index >= 15 is 0 Å². The van der Waals surface area contributed by atoms with Crippen LogP contribution < -0.4 is 16.2 Å². The van der Waals surface area contributed by atoms with Gasteiger partial charge in [-0.05, 0) is 12.1 Å². The number of nitrogens with zero attached hydrogens (tertiary/aromatic N) is 2. The first-order valence-electron chi connectivity index (χ1n) is 8.00. The van der Waals surface area contributed by atoms with Gasteiger partial charge in [-0.2, -0.15) is 0 Å². The second-order valence-corrected chi connectivity index (χ2v) is 7.23. The second kappa shape index (κ2) is 7.37. The van der Waals surface area contributed by atoms with Crippen LogP contribution >= 0.6 is 11.8 Å². The van der Waals surface area contributed by atoms with Crippen LogP contribution in [0.3, 0.4) is 0 Å². The Morgan fingerprint density at radius 2 is 2.20 bits per heavy atom. The number of aromatic nitrogens is 1. The molecule has 0 spiro atoms. The minimum Gasteiger partial charge on any atom is -0.491 e. The van der Waals surface area contributed by atoms with Crippen LogP contribution in [0, 0.1) is 0 Å². The van der Waals surface area contributed by atoms with E-state index in [-0.39, 0.29) is 11.2 Å². The van der Waals surface area contributed by atoms with E-state index in [1.807, 2.05) is 29.8 Å². The molecule has 0 aliphatic carbocycles. The number of hydrogen-bond acceptors (Lipinski definition) is 6. The van der Waals surface area contributed by atoms with Crippen molar-refractivity contribution in [2.45, 2.75) is 11.7 Å². The van der Waals surface area contributed by atoms with E-state index in [9.17, 15) is 4.79 Å². The lowest BCUT2D eigenvalue weighted by Crippen LogP contribution is -2.18. The second-order valence-electron chi connectivity index (χ2n) is 5.94. The van der Waals surface area contributed by atoms with Crippen LogP contribution in [0.15, 0.2) is 23.2 Å². The molecule has 134 valence electrons. The maximum Gasteiger partial charge on any atom is 0.218 e. The first kappa shape index (κ1) is 17.6. The Balaban J connectivity index is 1.87.